The Morgan fingerprint density at radius 2 is 2.25 bits per heavy atom. The minimum atomic E-state index is -0.336. The molecule has 0 fully saturated rings. The van der Waals surface area contributed by atoms with Crippen molar-refractivity contribution in [3.05, 3.63) is 33.7 Å². The third-order valence-electron chi connectivity index (χ3n) is 1.88. The first-order chi connectivity index (χ1) is 7.63. The minimum Gasteiger partial charge on any atom is -0.465 e. The van der Waals surface area contributed by atoms with Gasteiger partial charge in [-0.25, -0.2) is 0 Å². The molecule has 4 nitrogen and oxygen atoms in total. The van der Waals surface area contributed by atoms with Gasteiger partial charge in [-0.1, -0.05) is 11.8 Å². The van der Waals surface area contributed by atoms with E-state index in [1.165, 1.54) is 6.07 Å². The summed E-state index contributed by atoms with van der Waals surface area (Å²) in [6.45, 7) is 3.87. The zero-order valence-electron chi connectivity index (χ0n) is 9.29. The lowest BCUT2D eigenvalue weighted by molar-refractivity contribution is -0.141. The van der Waals surface area contributed by atoms with Crippen molar-refractivity contribution in [3.63, 3.8) is 0 Å². The quantitative estimate of drug-likeness (QED) is 0.596. The van der Waals surface area contributed by atoms with Gasteiger partial charge in [0.2, 0.25) is 5.56 Å². The normalized spacial score (nSPS) is 9.12. The van der Waals surface area contributed by atoms with Crippen molar-refractivity contribution in [2.45, 2.75) is 20.3 Å². The summed E-state index contributed by atoms with van der Waals surface area (Å²) in [5, 5.41) is 0. The number of carbonyl (C=O) groups is 1. The fourth-order valence-corrected chi connectivity index (χ4v) is 1.14. The van der Waals surface area contributed by atoms with Crippen molar-refractivity contribution in [1.29, 1.82) is 0 Å². The molecule has 0 radical (unpaired) electrons. The monoisotopic (exact) mass is 219 g/mol. The topological polar surface area (TPSA) is 59.2 Å². The average Bonchev–Trinajstić information content (AvgIpc) is 2.22. The SMILES string of the molecule is CCOC(=O)CC#Cc1ccc(=O)[nH]c1C. The molecule has 84 valence electrons. The Morgan fingerprint density at radius 3 is 2.88 bits per heavy atom. The van der Waals surface area contributed by atoms with Crippen LogP contribution in [0.3, 0.4) is 0 Å². The molecule has 16 heavy (non-hydrogen) atoms. The first-order valence-electron chi connectivity index (χ1n) is 4.98. The number of pyridine rings is 1. The molecule has 0 unspecified atom stereocenters. The number of esters is 1. The van der Waals surface area contributed by atoms with Gasteiger partial charge in [0.05, 0.1) is 6.61 Å². The molecular formula is C12H13NO3. The van der Waals surface area contributed by atoms with Crippen LogP contribution in [0.1, 0.15) is 24.6 Å². The van der Waals surface area contributed by atoms with Gasteiger partial charge in [0.25, 0.3) is 0 Å². The Bertz CT molecular complexity index is 491. The number of rotatable bonds is 2. The second-order valence-electron chi connectivity index (χ2n) is 3.14. The van der Waals surface area contributed by atoms with Crippen molar-refractivity contribution < 1.29 is 9.53 Å². The van der Waals surface area contributed by atoms with Crippen molar-refractivity contribution in [3.8, 4) is 11.8 Å². The molecule has 0 saturated carbocycles. The Labute approximate surface area is 93.6 Å². The lowest BCUT2D eigenvalue weighted by Gasteiger charge is -1.96. The summed E-state index contributed by atoms with van der Waals surface area (Å²) in [5.41, 5.74) is 1.25. The van der Waals surface area contributed by atoms with Crippen molar-refractivity contribution >= 4 is 5.97 Å². The summed E-state index contributed by atoms with van der Waals surface area (Å²) < 4.78 is 4.73. The van der Waals surface area contributed by atoms with Gasteiger partial charge in [-0.3, -0.25) is 9.59 Å². The average molecular weight is 219 g/mol. The number of aromatic amines is 1. The summed E-state index contributed by atoms with van der Waals surface area (Å²) in [4.78, 5) is 24.5. The van der Waals surface area contributed by atoms with E-state index in [2.05, 4.69) is 16.8 Å². The maximum Gasteiger partial charge on any atom is 0.317 e. The zero-order chi connectivity index (χ0) is 12.0. The Hall–Kier alpha value is -2.02. The Morgan fingerprint density at radius 1 is 1.50 bits per heavy atom. The summed E-state index contributed by atoms with van der Waals surface area (Å²) in [6.07, 6.45) is 0.0619. The van der Waals surface area contributed by atoms with E-state index in [1.54, 1.807) is 19.9 Å². The highest BCUT2D eigenvalue weighted by Crippen LogP contribution is 1.98. The highest BCUT2D eigenvalue weighted by atomic mass is 16.5. The predicted octanol–water partition coefficient (Wildman–Crippen LogP) is 0.988. The number of aryl methyl sites for hydroxylation is 1. The van der Waals surface area contributed by atoms with E-state index < -0.39 is 0 Å². The molecule has 0 bridgehead atoms. The van der Waals surface area contributed by atoms with Crippen LogP contribution in [-0.2, 0) is 9.53 Å². The molecule has 0 spiro atoms. The zero-order valence-corrected chi connectivity index (χ0v) is 9.29. The number of aromatic nitrogens is 1. The van der Waals surface area contributed by atoms with E-state index in [1.807, 2.05) is 0 Å². The molecule has 0 amide bonds. The van der Waals surface area contributed by atoms with Crippen LogP contribution < -0.4 is 5.56 Å². The van der Waals surface area contributed by atoms with Gasteiger partial charge < -0.3 is 9.72 Å². The van der Waals surface area contributed by atoms with Crippen LogP contribution >= 0.6 is 0 Å². The van der Waals surface area contributed by atoms with Crippen LogP contribution in [0.4, 0.5) is 0 Å². The summed E-state index contributed by atoms with van der Waals surface area (Å²) >= 11 is 0. The number of carbonyl (C=O) groups excluding carboxylic acids is 1. The van der Waals surface area contributed by atoms with Crippen LogP contribution in [0.5, 0.6) is 0 Å². The molecule has 4 heteroatoms. The molecule has 0 aliphatic carbocycles. The third kappa shape index (κ3) is 3.62. The molecule has 0 atom stereocenters. The van der Waals surface area contributed by atoms with E-state index >= 15 is 0 Å². The van der Waals surface area contributed by atoms with Crippen LogP contribution in [-0.4, -0.2) is 17.6 Å². The first-order valence-corrected chi connectivity index (χ1v) is 4.98. The van der Waals surface area contributed by atoms with Gasteiger partial charge in [-0.15, -0.1) is 0 Å². The number of nitrogens with one attached hydrogen (secondary N) is 1. The van der Waals surface area contributed by atoms with Crippen LogP contribution in [0.2, 0.25) is 0 Å². The fourth-order valence-electron chi connectivity index (χ4n) is 1.14. The van der Waals surface area contributed by atoms with Gasteiger partial charge >= 0.3 is 5.97 Å². The van der Waals surface area contributed by atoms with Crippen molar-refractivity contribution in [2.24, 2.45) is 0 Å². The Balaban J connectivity index is 2.70. The molecule has 1 aromatic heterocycles. The lowest BCUT2D eigenvalue weighted by atomic mass is 10.2. The van der Waals surface area contributed by atoms with E-state index in [0.717, 1.165) is 0 Å². The summed E-state index contributed by atoms with van der Waals surface area (Å²) in [6, 6.07) is 3.04. The standard InChI is InChI=1S/C12H13NO3/c1-3-16-12(15)6-4-5-10-7-8-11(14)13-9(10)2/h7-8H,3,6H2,1-2H3,(H,13,14). The van der Waals surface area contributed by atoms with Gasteiger partial charge in [-0.05, 0) is 19.9 Å². The van der Waals surface area contributed by atoms with Crippen molar-refractivity contribution in [1.82, 2.24) is 4.98 Å². The maximum atomic E-state index is 11.0. The van der Waals surface area contributed by atoms with E-state index in [9.17, 15) is 9.59 Å². The number of H-pyrrole nitrogens is 1. The second kappa shape index (κ2) is 5.76. The Kier molecular flexibility index (Phi) is 4.34. The largest absolute Gasteiger partial charge is 0.465 e. The van der Waals surface area contributed by atoms with Gasteiger partial charge in [-0.2, -0.15) is 0 Å². The minimum absolute atomic E-state index is 0.0619. The molecule has 0 aliphatic heterocycles. The van der Waals surface area contributed by atoms with Crippen molar-refractivity contribution in [2.75, 3.05) is 6.61 Å². The lowest BCUT2D eigenvalue weighted by Crippen LogP contribution is -2.06. The van der Waals surface area contributed by atoms with E-state index in [-0.39, 0.29) is 17.9 Å². The van der Waals surface area contributed by atoms with E-state index in [0.29, 0.717) is 17.9 Å². The van der Waals surface area contributed by atoms with E-state index in [4.69, 9.17) is 4.74 Å². The smallest absolute Gasteiger partial charge is 0.317 e. The molecular weight excluding hydrogens is 206 g/mol. The predicted molar refractivity (Wildman–Crippen MR) is 59.9 cm³/mol. The fraction of sp³-hybridized carbons (Fsp3) is 0.333. The summed E-state index contributed by atoms with van der Waals surface area (Å²) in [5.74, 6) is 5.17. The molecule has 1 heterocycles. The molecule has 1 N–H and O–H groups in total. The molecule has 0 saturated heterocycles. The number of hydrogen-bond acceptors (Lipinski definition) is 3. The molecule has 0 aliphatic rings. The molecule has 0 aromatic carbocycles. The second-order valence-corrected chi connectivity index (χ2v) is 3.14. The molecule has 1 rings (SSSR count). The first kappa shape index (κ1) is 12.1. The maximum absolute atomic E-state index is 11.0. The number of ether oxygens (including phenoxy) is 1. The molecule has 1 aromatic rings. The third-order valence-corrected chi connectivity index (χ3v) is 1.88. The van der Waals surface area contributed by atoms with Crippen LogP contribution in [0, 0.1) is 18.8 Å². The summed E-state index contributed by atoms with van der Waals surface area (Å²) in [7, 11) is 0. The highest BCUT2D eigenvalue weighted by Gasteiger charge is 1.97. The van der Waals surface area contributed by atoms with Crippen LogP contribution in [0.25, 0.3) is 0 Å². The van der Waals surface area contributed by atoms with Gasteiger partial charge in [0.1, 0.15) is 6.42 Å². The van der Waals surface area contributed by atoms with Gasteiger partial charge in [0.15, 0.2) is 0 Å². The van der Waals surface area contributed by atoms with Crippen LogP contribution in [0.15, 0.2) is 16.9 Å². The number of hydrogen-bond donors (Lipinski definition) is 1. The van der Waals surface area contributed by atoms with Gasteiger partial charge in [0, 0.05) is 17.3 Å². The highest BCUT2D eigenvalue weighted by molar-refractivity contribution is 5.72.